The molecule has 1 heterocycles. The Balaban J connectivity index is 0.000000422. The van der Waals surface area contributed by atoms with Crippen molar-refractivity contribution in [3.8, 4) is 0 Å². The number of hydroxylamine groups is 1. The zero-order valence-corrected chi connectivity index (χ0v) is 11.5. The van der Waals surface area contributed by atoms with E-state index in [1.54, 1.807) is 23.6 Å². The quantitative estimate of drug-likeness (QED) is 0.399. The average molecular weight is 323 g/mol. The molecule has 7 nitrogen and oxygen atoms in total. The Morgan fingerprint density at radius 2 is 1.91 bits per heavy atom. The normalized spacial score (nSPS) is 13.5. The maximum absolute atomic E-state index is 10.7. The number of nitrogens with zero attached hydrogens (tertiary/aromatic N) is 3. The number of benzene rings is 1. The van der Waals surface area contributed by atoms with Crippen molar-refractivity contribution < 1.29 is 27.0 Å². The summed E-state index contributed by atoms with van der Waals surface area (Å²) in [5.74, 6) is 0. The predicted octanol–water partition coefficient (Wildman–Crippen LogP) is 2.78. The molecule has 0 spiro atoms. The number of rotatable bonds is 3. The Kier molecular flexibility index (Phi) is 5.57. The van der Waals surface area contributed by atoms with Crippen molar-refractivity contribution in [1.82, 2.24) is 10.6 Å². The molecule has 0 fully saturated rings. The third-order valence-corrected chi connectivity index (χ3v) is 2.41. The number of nitrogens with one attached hydrogen (secondary N) is 1. The second kappa shape index (κ2) is 6.98. The van der Waals surface area contributed by atoms with Crippen molar-refractivity contribution in [2.75, 3.05) is 12.2 Å². The summed E-state index contributed by atoms with van der Waals surface area (Å²) in [5, 5.41) is 13.7. The van der Waals surface area contributed by atoms with Gasteiger partial charge in [-0.25, -0.2) is 0 Å². The van der Waals surface area contributed by atoms with E-state index < -0.39 is 12.2 Å². The molecule has 1 aliphatic heterocycles. The summed E-state index contributed by atoms with van der Waals surface area (Å²) in [6, 6.07) is 4.65. The zero-order chi connectivity index (χ0) is 16.9. The summed E-state index contributed by atoms with van der Waals surface area (Å²) in [5.41, 5.74) is 4.50. The van der Waals surface area contributed by atoms with Gasteiger partial charge in [0.25, 0.3) is 5.69 Å². The van der Waals surface area contributed by atoms with Crippen LogP contribution in [0.15, 0.2) is 30.6 Å². The van der Waals surface area contributed by atoms with E-state index in [0.29, 0.717) is 5.69 Å². The molecule has 1 aromatic carbocycles. The molecule has 0 saturated carbocycles. The van der Waals surface area contributed by atoms with Crippen molar-refractivity contribution in [2.24, 2.45) is 0 Å². The maximum Gasteiger partial charge on any atom is 0.673 e. The van der Waals surface area contributed by atoms with Gasteiger partial charge in [0.2, 0.25) is 0 Å². The number of hydrogen-bond acceptors (Lipinski definition) is 6. The Bertz CT molecular complexity index is 564. The lowest BCUT2D eigenvalue weighted by Crippen LogP contribution is -2.41. The summed E-state index contributed by atoms with van der Waals surface area (Å²) >= 11 is 0. The fourth-order valence-corrected chi connectivity index (χ4v) is 1.55. The van der Waals surface area contributed by atoms with Gasteiger partial charge in [0.15, 0.2) is 0 Å². The summed E-state index contributed by atoms with van der Waals surface area (Å²) in [4.78, 5) is 15.4. The molecule has 0 aliphatic carbocycles. The third kappa shape index (κ3) is 5.12. The van der Waals surface area contributed by atoms with Crippen LogP contribution in [0.5, 0.6) is 0 Å². The number of aryl methyl sites for hydroxylation is 1. The molecule has 1 N–H and O–H groups in total. The van der Waals surface area contributed by atoms with E-state index in [1.807, 2.05) is 6.92 Å². The fourth-order valence-electron chi connectivity index (χ4n) is 1.55. The first kappa shape index (κ1) is 17.6. The molecule has 0 radical (unpaired) electrons. The van der Waals surface area contributed by atoms with E-state index in [1.165, 1.54) is 24.4 Å². The van der Waals surface area contributed by atoms with Gasteiger partial charge in [0.05, 0.1) is 23.9 Å². The highest BCUT2D eigenvalue weighted by molar-refractivity contribution is 6.50. The molecule has 22 heavy (non-hydrogen) atoms. The van der Waals surface area contributed by atoms with Gasteiger partial charge in [0, 0.05) is 18.3 Å². The number of hydrazine groups is 2. The van der Waals surface area contributed by atoms with Crippen LogP contribution < -0.4 is 10.5 Å². The Hall–Kier alpha value is -2.50. The van der Waals surface area contributed by atoms with Gasteiger partial charge in [-0.05, 0) is 12.5 Å². The predicted molar refractivity (Wildman–Crippen MR) is 71.6 cm³/mol. The van der Waals surface area contributed by atoms with Crippen LogP contribution in [0.25, 0.3) is 0 Å². The van der Waals surface area contributed by atoms with Crippen molar-refractivity contribution in [3.05, 3.63) is 46.3 Å². The number of anilines is 1. The highest BCUT2D eigenvalue weighted by Crippen LogP contribution is 2.27. The zero-order valence-electron chi connectivity index (χ0n) is 11.5. The molecule has 0 aromatic heterocycles. The first-order valence-electron chi connectivity index (χ1n) is 5.82. The summed E-state index contributed by atoms with van der Waals surface area (Å²) in [6.45, 7) is 1.87. The minimum atomic E-state index is -6.00. The van der Waals surface area contributed by atoms with Crippen molar-refractivity contribution >= 4 is 18.6 Å². The molecule has 0 bridgehead atoms. The number of halogens is 4. The first-order chi connectivity index (χ1) is 10.1. The molecule has 0 amide bonds. The summed E-state index contributed by atoms with van der Waals surface area (Å²) in [7, 11) is -4.49. The van der Waals surface area contributed by atoms with Crippen LogP contribution >= 0.6 is 0 Å². The second-order valence-corrected chi connectivity index (χ2v) is 3.96. The molecule has 1 aromatic rings. The Morgan fingerprint density at radius 3 is 2.41 bits per heavy atom. The third-order valence-electron chi connectivity index (χ3n) is 2.41. The number of hydrogen-bond donors (Lipinski definition) is 1. The first-order valence-corrected chi connectivity index (χ1v) is 5.82. The topological polar surface area (TPSA) is 70.9 Å². The molecule has 1 aliphatic rings. The van der Waals surface area contributed by atoms with Gasteiger partial charge in [0.1, 0.15) is 0 Å². The highest BCUT2D eigenvalue weighted by Gasteiger charge is 2.21. The van der Waals surface area contributed by atoms with E-state index in [4.69, 9.17) is 4.84 Å². The fraction of sp³-hybridized carbons (Fsp3) is 0.200. The molecule has 0 unspecified atom stereocenters. The lowest BCUT2D eigenvalue weighted by Gasteiger charge is -2.28. The van der Waals surface area contributed by atoms with E-state index in [-0.39, 0.29) is 5.69 Å². The number of nitro groups is 1. The van der Waals surface area contributed by atoms with Gasteiger partial charge in [-0.1, -0.05) is 6.07 Å². The summed E-state index contributed by atoms with van der Waals surface area (Å²) < 4.78 is 39.0. The van der Waals surface area contributed by atoms with Gasteiger partial charge >= 0.3 is 7.25 Å². The standard InChI is InChI=1S/C10H12N4O3.BF4/c1-8-3-4-9(14(15)16)7-10(8)13-11-5-6-12(13)17-2;2-1(3,4)5/h3-7,11H,1-2H3;/q;-1. The van der Waals surface area contributed by atoms with Crippen LogP contribution in [0.2, 0.25) is 0 Å². The lowest BCUT2D eigenvalue weighted by atomic mass is 10.2. The smallest absolute Gasteiger partial charge is 0.418 e. The van der Waals surface area contributed by atoms with Crippen LogP contribution in [0.3, 0.4) is 0 Å². The number of non-ortho nitro benzene ring substituents is 1. The highest BCUT2D eigenvalue weighted by atomic mass is 19.5. The lowest BCUT2D eigenvalue weighted by molar-refractivity contribution is -0.384. The minimum absolute atomic E-state index is 0.0374. The van der Waals surface area contributed by atoms with Crippen molar-refractivity contribution in [3.63, 3.8) is 0 Å². The molecular formula is C10H12BF4N4O3-. The van der Waals surface area contributed by atoms with Gasteiger partial charge in [-0.3, -0.25) is 20.4 Å². The van der Waals surface area contributed by atoms with Crippen molar-refractivity contribution in [1.29, 1.82) is 0 Å². The van der Waals surface area contributed by atoms with E-state index in [0.717, 1.165) is 5.56 Å². The molecule has 122 valence electrons. The van der Waals surface area contributed by atoms with Crippen LogP contribution in [0, 0.1) is 17.0 Å². The summed E-state index contributed by atoms with van der Waals surface area (Å²) in [6.07, 6.45) is 3.33. The molecular weight excluding hydrogens is 311 g/mol. The van der Waals surface area contributed by atoms with Crippen molar-refractivity contribution in [2.45, 2.75) is 6.92 Å². The van der Waals surface area contributed by atoms with E-state index in [2.05, 4.69) is 5.43 Å². The molecule has 0 atom stereocenters. The van der Waals surface area contributed by atoms with E-state index >= 15 is 0 Å². The van der Waals surface area contributed by atoms with Crippen LogP contribution in [0.1, 0.15) is 5.56 Å². The minimum Gasteiger partial charge on any atom is -0.418 e. The Labute approximate surface area is 122 Å². The van der Waals surface area contributed by atoms with Gasteiger partial charge < -0.3 is 17.3 Å². The number of nitro benzene ring substituents is 1. The van der Waals surface area contributed by atoms with Crippen LogP contribution in [-0.4, -0.2) is 24.5 Å². The maximum atomic E-state index is 10.7. The molecule has 2 rings (SSSR count). The van der Waals surface area contributed by atoms with Crippen LogP contribution in [0.4, 0.5) is 28.6 Å². The SMILES string of the molecule is CON1C=CNN1c1cc([N+](=O)[O-])ccc1C.F[B-](F)(F)F. The molecule has 12 heteroatoms. The molecule has 0 saturated heterocycles. The van der Waals surface area contributed by atoms with E-state index in [9.17, 15) is 27.4 Å². The van der Waals surface area contributed by atoms with Crippen LogP contribution in [-0.2, 0) is 4.84 Å². The average Bonchev–Trinajstić information content (AvgIpc) is 2.85. The second-order valence-electron chi connectivity index (χ2n) is 3.96. The largest absolute Gasteiger partial charge is 0.673 e. The Morgan fingerprint density at radius 1 is 1.32 bits per heavy atom. The monoisotopic (exact) mass is 323 g/mol. The van der Waals surface area contributed by atoms with Gasteiger partial charge in [-0.2, -0.15) is 5.12 Å². The van der Waals surface area contributed by atoms with Gasteiger partial charge in [-0.15, -0.1) is 5.17 Å².